The zero-order chi connectivity index (χ0) is 62.6. The van der Waals surface area contributed by atoms with E-state index < -0.39 is 20.0 Å². The topological polar surface area (TPSA) is 108 Å². The Hall–Kier alpha value is -1.54. The first-order valence-corrected chi connectivity index (χ1v) is 39.5. The number of quaternary nitrogens is 1. The van der Waals surface area contributed by atoms with Crippen molar-refractivity contribution < 1.29 is 32.9 Å². The lowest BCUT2D eigenvalue weighted by Gasteiger charge is -2.29. The number of nitrogens with zero attached hydrogens (tertiary/aromatic N) is 1. The summed E-state index contributed by atoms with van der Waals surface area (Å²) >= 11 is 0. The Morgan fingerprint density at radius 2 is 0.686 bits per heavy atom. The lowest BCUT2D eigenvalue weighted by atomic mass is 10.0. The van der Waals surface area contributed by atoms with Crippen LogP contribution in [0.2, 0.25) is 0 Å². The minimum Gasteiger partial charge on any atom is -0.756 e. The van der Waals surface area contributed by atoms with E-state index in [9.17, 15) is 19.4 Å². The second-order valence-electron chi connectivity index (χ2n) is 27.4. The predicted octanol–water partition coefficient (Wildman–Crippen LogP) is 23.9. The molecule has 0 saturated carbocycles. The standard InChI is InChI=1S/C77H149N2O6P/c1-6-8-10-12-14-16-18-20-22-24-26-28-30-32-34-36-38-39-41-43-45-47-49-51-53-55-57-59-61-63-65-67-69-71-77(81)78-75(74-85-86(82,83)84-73-72-79(3,4)5)76(80)70-68-66-64-62-60-58-56-54-52-50-48-46-44-42-40-37-35-33-31-29-27-25-23-21-19-17-15-13-11-9-7-2/h18,20,24,26,60,62,68,70,75-76,80H,6-17,19,21-23,25,27-59,61,63-67,69,71-74H2,1-5H3,(H-,78,81,82,83)/b20-18-,26-24-,62-60+,70-68+. The van der Waals surface area contributed by atoms with Crippen LogP contribution < -0.4 is 10.2 Å². The average Bonchev–Trinajstić information content (AvgIpc) is 3.70. The molecule has 0 saturated heterocycles. The molecule has 0 fully saturated rings. The third-order valence-electron chi connectivity index (χ3n) is 17.5. The normalized spacial score (nSPS) is 13.8. The molecule has 508 valence electrons. The molecule has 0 aromatic rings. The van der Waals surface area contributed by atoms with E-state index in [2.05, 4.69) is 55.6 Å². The van der Waals surface area contributed by atoms with Gasteiger partial charge in [-0.2, -0.15) is 0 Å². The predicted molar refractivity (Wildman–Crippen MR) is 376 cm³/mol. The van der Waals surface area contributed by atoms with Crippen LogP contribution in [0.15, 0.2) is 48.6 Å². The number of aliphatic hydroxyl groups is 1. The van der Waals surface area contributed by atoms with E-state index >= 15 is 0 Å². The molecule has 0 bridgehead atoms. The average molecular weight is 1230 g/mol. The number of carbonyl (C=O) groups excluding carboxylic acids is 1. The second kappa shape index (κ2) is 67.8. The third kappa shape index (κ3) is 69.9. The highest BCUT2D eigenvalue weighted by atomic mass is 31.2. The van der Waals surface area contributed by atoms with Crippen LogP contribution in [-0.2, 0) is 18.4 Å². The van der Waals surface area contributed by atoms with Crippen molar-refractivity contribution in [3.8, 4) is 0 Å². The molecular formula is C77H149N2O6P. The SMILES string of the molecule is CCCCCCC/C=C\C/C=C\CCCCCCCCCCCCCCCCCCCCCCCC(=O)NC(COP(=O)([O-])OCC[N+](C)(C)C)C(O)/C=C/CC/C=C/CCCCCCCCCCCCCCCCCCCCCCCCCCC. The molecule has 0 aliphatic rings. The van der Waals surface area contributed by atoms with E-state index in [1.165, 1.54) is 321 Å². The Bertz CT molecular complexity index is 1540. The maximum atomic E-state index is 13.1. The van der Waals surface area contributed by atoms with Crippen molar-refractivity contribution in [2.45, 2.75) is 398 Å². The third-order valence-corrected chi connectivity index (χ3v) is 18.5. The molecule has 0 aliphatic carbocycles. The Balaban J connectivity index is 4.02. The molecule has 0 aliphatic heterocycles. The van der Waals surface area contributed by atoms with Gasteiger partial charge in [0.15, 0.2) is 0 Å². The number of likely N-dealkylation sites (N-methyl/N-ethyl adjacent to an activating group) is 1. The van der Waals surface area contributed by atoms with Gasteiger partial charge in [-0.15, -0.1) is 0 Å². The number of hydrogen-bond donors (Lipinski definition) is 2. The molecule has 2 N–H and O–H groups in total. The van der Waals surface area contributed by atoms with Crippen LogP contribution in [0.1, 0.15) is 386 Å². The number of amides is 1. The summed E-state index contributed by atoms with van der Waals surface area (Å²) in [5.41, 5.74) is 0. The van der Waals surface area contributed by atoms with E-state index in [0.717, 1.165) is 44.9 Å². The second-order valence-corrected chi connectivity index (χ2v) is 28.8. The summed E-state index contributed by atoms with van der Waals surface area (Å²) in [6, 6.07) is -0.905. The number of allylic oxidation sites excluding steroid dienone is 7. The van der Waals surface area contributed by atoms with Crippen molar-refractivity contribution >= 4 is 13.7 Å². The monoisotopic (exact) mass is 1230 g/mol. The fourth-order valence-corrected chi connectivity index (χ4v) is 12.3. The zero-order valence-electron chi connectivity index (χ0n) is 58.3. The van der Waals surface area contributed by atoms with Crippen LogP contribution in [0.5, 0.6) is 0 Å². The van der Waals surface area contributed by atoms with Crippen LogP contribution in [0.25, 0.3) is 0 Å². The Labute approximate surface area is 537 Å². The summed E-state index contributed by atoms with van der Waals surface area (Å²) in [5.74, 6) is -0.200. The van der Waals surface area contributed by atoms with Gasteiger partial charge in [0.25, 0.3) is 7.82 Å². The molecule has 0 radical (unpaired) electrons. The van der Waals surface area contributed by atoms with E-state index in [1.54, 1.807) is 6.08 Å². The molecule has 1 amide bonds. The van der Waals surface area contributed by atoms with Crippen molar-refractivity contribution in [1.29, 1.82) is 0 Å². The molecule has 8 nitrogen and oxygen atoms in total. The number of carbonyl (C=O) groups is 1. The Kier molecular flexibility index (Phi) is 66.6. The molecule has 86 heavy (non-hydrogen) atoms. The van der Waals surface area contributed by atoms with Gasteiger partial charge in [0.05, 0.1) is 39.9 Å². The van der Waals surface area contributed by atoms with Crippen molar-refractivity contribution in [3.63, 3.8) is 0 Å². The van der Waals surface area contributed by atoms with Gasteiger partial charge in [0, 0.05) is 6.42 Å². The van der Waals surface area contributed by atoms with Gasteiger partial charge >= 0.3 is 0 Å². The highest BCUT2D eigenvalue weighted by molar-refractivity contribution is 7.45. The molecular weight excluding hydrogens is 1080 g/mol. The quantitative estimate of drug-likeness (QED) is 0.0272. The number of rotatable bonds is 71. The Morgan fingerprint density at radius 1 is 0.407 bits per heavy atom. The summed E-state index contributed by atoms with van der Waals surface area (Å²) in [6.07, 6.45) is 92.7. The zero-order valence-corrected chi connectivity index (χ0v) is 59.2. The van der Waals surface area contributed by atoms with Gasteiger partial charge in [0.1, 0.15) is 13.2 Å². The van der Waals surface area contributed by atoms with E-state index in [1.807, 2.05) is 27.2 Å². The van der Waals surface area contributed by atoms with Crippen molar-refractivity contribution in [2.75, 3.05) is 40.9 Å². The molecule has 0 rings (SSSR count). The van der Waals surface area contributed by atoms with Gasteiger partial charge < -0.3 is 28.8 Å². The molecule has 9 heteroatoms. The fourth-order valence-electron chi connectivity index (χ4n) is 11.6. The van der Waals surface area contributed by atoms with Gasteiger partial charge in [0.2, 0.25) is 5.91 Å². The van der Waals surface area contributed by atoms with Crippen LogP contribution in [0.4, 0.5) is 0 Å². The van der Waals surface area contributed by atoms with Crippen LogP contribution in [0, 0.1) is 0 Å². The van der Waals surface area contributed by atoms with Gasteiger partial charge in [-0.1, -0.05) is 364 Å². The number of phosphoric ester groups is 1. The van der Waals surface area contributed by atoms with E-state index in [0.29, 0.717) is 17.4 Å². The van der Waals surface area contributed by atoms with Crippen molar-refractivity contribution in [2.24, 2.45) is 0 Å². The Morgan fingerprint density at radius 3 is 1.01 bits per heavy atom. The maximum absolute atomic E-state index is 13.1. The maximum Gasteiger partial charge on any atom is 0.268 e. The smallest absolute Gasteiger partial charge is 0.268 e. The number of nitrogens with one attached hydrogen (secondary N) is 1. The molecule has 0 spiro atoms. The number of unbranched alkanes of at least 4 members (excludes halogenated alkanes) is 52. The summed E-state index contributed by atoms with van der Waals surface area (Å²) in [4.78, 5) is 25.7. The summed E-state index contributed by atoms with van der Waals surface area (Å²) in [5, 5.41) is 14.0. The van der Waals surface area contributed by atoms with Gasteiger partial charge in [-0.3, -0.25) is 9.36 Å². The minimum absolute atomic E-state index is 0.00503. The van der Waals surface area contributed by atoms with E-state index in [4.69, 9.17) is 9.05 Å². The lowest BCUT2D eigenvalue weighted by Crippen LogP contribution is -2.45. The largest absolute Gasteiger partial charge is 0.756 e. The highest BCUT2D eigenvalue weighted by Gasteiger charge is 2.23. The van der Waals surface area contributed by atoms with E-state index in [-0.39, 0.29) is 19.1 Å². The highest BCUT2D eigenvalue weighted by Crippen LogP contribution is 2.38. The lowest BCUT2D eigenvalue weighted by molar-refractivity contribution is -0.870. The fraction of sp³-hybridized carbons (Fsp3) is 0.883. The summed E-state index contributed by atoms with van der Waals surface area (Å²) in [6.45, 7) is 4.68. The first kappa shape index (κ1) is 84.5. The number of hydrogen-bond acceptors (Lipinski definition) is 6. The van der Waals surface area contributed by atoms with Crippen molar-refractivity contribution in [1.82, 2.24) is 5.32 Å². The molecule has 0 heterocycles. The summed E-state index contributed by atoms with van der Waals surface area (Å²) < 4.78 is 23.5. The number of aliphatic hydroxyl groups excluding tert-OH is 1. The van der Waals surface area contributed by atoms with Crippen molar-refractivity contribution in [3.05, 3.63) is 48.6 Å². The minimum atomic E-state index is -4.61. The molecule has 3 atom stereocenters. The first-order chi connectivity index (χ1) is 42.0. The number of phosphoric acid groups is 1. The van der Waals surface area contributed by atoms with Crippen LogP contribution in [-0.4, -0.2) is 68.5 Å². The van der Waals surface area contributed by atoms with Crippen LogP contribution in [0.3, 0.4) is 0 Å². The molecule has 0 aromatic heterocycles. The summed E-state index contributed by atoms with van der Waals surface area (Å²) in [7, 11) is 1.26. The molecule has 3 unspecified atom stereocenters. The first-order valence-electron chi connectivity index (χ1n) is 38.0. The van der Waals surface area contributed by atoms with Gasteiger partial charge in [-0.05, 0) is 64.2 Å². The molecule has 0 aromatic carbocycles. The van der Waals surface area contributed by atoms with Crippen LogP contribution >= 0.6 is 7.82 Å². The van der Waals surface area contributed by atoms with Gasteiger partial charge in [-0.25, -0.2) is 0 Å².